The minimum atomic E-state index is -0.889. The summed E-state index contributed by atoms with van der Waals surface area (Å²) in [6.07, 6.45) is 1.95. The zero-order valence-corrected chi connectivity index (χ0v) is 18.3. The highest BCUT2D eigenvalue weighted by Gasteiger charge is 2.23. The Morgan fingerprint density at radius 2 is 2.19 bits per heavy atom. The van der Waals surface area contributed by atoms with Crippen LogP contribution in [0.4, 0.5) is 16.0 Å². The second-order valence-electron chi connectivity index (χ2n) is 7.44. The highest BCUT2D eigenvalue weighted by molar-refractivity contribution is 6.31. The summed E-state index contributed by atoms with van der Waals surface area (Å²) in [5, 5.41) is 3.34. The van der Waals surface area contributed by atoms with Crippen molar-refractivity contribution >= 4 is 34.8 Å². The topological polar surface area (TPSA) is 93.4 Å². The van der Waals surface area contributed by atoms with Crippen LogP contribution >= 0.6 is 11.6 Å². The Morgan fingerprint density at radius 3 is 2.91 bits per heavy atom. The van der Waals surface area contributed by atoms with E-state index in [1.807, 2.05) is 19.2 Å². The van der Waals surface area contributed by atoms with Crippen molar-refractivity contribution < 1.29 is 13.9 Å². The van der Waals surface area contributed by atoms with Crippen molar-refractivity contribution in [1.29, 1.82) is 0 Å². The maximum absolute atomic E-state index is 14.3. The minimum Gasteiger partial charge on any atom is -0.495 e. The number of nitrogens with zero attached hydrogens (tertiary/aromatic N) is 3. The second kappa shape index (κ2) is 8.47. The molecule has 0 radical (unpaired) electrons. The number of nitrogens with one attached hydrogen (secondary N) is 1. The number of nitrogens with two attached hydrogens (primary N) is 1. The molecule has 3 N–H and O–H groups in total. The van der Waals surface area contributed by atoms with E-state index >= 15 is 0 Å². The second-order valence-corrected chi connectivity index (χ2v) is 7.85. The van der Waals surface area contributed by atoms with Crippen LogP contribution in [0.2, 0.25) is 5.02 Å². The molecule has 0 aliphatic carbocycles. The number of rotatable bonds is 6. The van der Waals surface area contributed by atoms with Gasteiger partial charge in [-0.15, -0.1) is 0 Å². The maximum atomic E-state index is 14.3. The van der Waals surface area contributed by atoms with Crippen molar-refractivity contribution in [2.75, 3.05) is 19.5 Å². The van der Waals surface area contributed by atoms with E-state index in [2.05, 4.69) is 32.8 Å². The third-order valence-corrected chi connectivity index (χ3v) is 5.69. The van der Waals surface area contributed by atoms with Gasteiger partial charge in [0.25, 0.3) is 5.91 Å². The predicted molar refractivity (Wildman–Crippen MR) is 122 cm³/mol. The number of carbonyl (C=O) groups excluding carboxylic acids is 1. The third-order valence-electron chi connectivity index (χ3n) is 5.37. The largest absolute Gasteiger partial charge is 0.495 e. The molecule has 1 aliphatic rings. The molecular weight excluding hydrogens is 433 g/mol. The molecule has 0 atom stereocenters. The van der Waals surface area contributed by atoms with Crippen LogP contribution in [-0.2, 0) is 13.0 Å². The fraction of sp³-hybridized carbons (Fsp3) is 0.174. The molecule has 0 spiro atoms. The highest BCUT2D eigenvalue weighted by Crippen LogP contribution is 2.35. The summed E-state index contributed by atoms with van der Waals surface area (Å²) < 4.78 is 19.5. The first kappa shape index (κ1) is 21.6. The van der Waals surface area contributed by atoms with E-state index in [1.165, 1.54) is 24.9 Å². The van der Waals surface area contributed by atoms with Crippen LogP contribution in [0.25, 0.3) is 5.70 Å². The number of anilines is 2. The number of halogens is 2. The molecule has 3 aromatic rings. The number of methoxy groups -OCH3 is 1. The van der Waals surface area contributed by atoms with Gasteiger partial charge in [-0.25, -0.2) is 14.4 Å². The van der Waals surface area contributed by atoms with E-state index in [9.17, 15) is 9.18 Å². The van der Waals surface area contributed by atoms with Crippen molar-refractivity contribution in [2.24, 2.45) is 5.73 Å². The van der Waals surface area contributed by atoms with Crippen LogP contribution in [0.15, 0.2) is 43.1 Å². The van der Waals surface area contributed by atoms with Gasteiger partial charge in [-0.1, -0.05) is 36.4 Å². The molecule has 1 amide bonds. The molecule has 7 nitrogen and oxygen atoms in total. The van der Waals surface area contributed by atoms with Gasteiger partial charge in [0.05, 0.1) is 35.3 Å². The van der Waals surface area contributed by atoms with Crippen LogP contribution in [-0.4, -0.2) is 34.9 Å². The van der Waals surface area contributed by atoms with Crippen molar-refractivity contribution in [3.63, 3.8) is 0 Å². The first-order valence-electron chi connectivity index (χ1n) is 9.75. The van der Waals surface area contributed by atoms with Crippen molar-refractivity contribution in [2.45, 2.75) is 13.0 Å². The SMILES string of the molecule is C=C1c2c(Cc3nc(Nc4cc(F)c(C(N)=O)cc4OC)ncc3Cl)cccc2CN1C. The van der Waals surface area contributed by atoms with Gasteiger partial charge in [-0.3, -0.25) is 4.79 Å². The molecule has 2 aromatic carbocycles. The van der Waals surface area contributed by atoms with E-state index in [4.69, 9.17) is 22.1 Å². The molecule has 1 aliphatic heterocycles. The molecule has 0 saturated heterocycles. The van der Waals surface area contributed by atoms with E-state index < -0.39 is 11.7 Å². The number of ether oxygens (including phenoxy) is 1. The van der Waals surface area contributed by atoms with E-state index in [0.717, 1.165) is 29.4 Å². The summed E-state index contributed by atoms with van der Waals surface area (Å²) in [4.78, 5) is 22.2. The van der Waals surface area contributed by atoms with Crippen LogP contribution in [0, 0.1) is 5.82 Å². The van der Waals surface area contributed by atoms with E-state index in [0.29, 0.717) is 17.1 Å². The molecular formula is C23H21ClFN5O2. The lowest BCUT2D eigenvalue weighted by atomic mass is 9.98. The van der Waals surface area contributed by atoms with Crippen LogP contribution in [0.5, 0.6) is 5.75 Å². The average molecular weight is 454 g/mol. The van der Waals surface area contributed by atoms with Crippen molar-refractivity contribution in [1.82, 2.24) is 14.9 Å². The first-order chi connectivity index (χ1) is 15.3. The first-order valence-corrected chi connectivity index (χ1v) is 10.1. The quantitative estimate of drug-likeness (QED) is 0.583. The zero-order valence-electron chi connectivity index (χ0n) is 17.6. The summed E-state index contributed by atoms with van der Waals surface area (Å²) in [5.41, 5.74) is 10.1. The predicted octanol–water partition coefficient (Wildman–Crippen LogP) is 4.13. The molecule has 1 aromatic heterocycles. The fourth-order valence-electron chi connectivity index (χ4n) is 3.74. The number of fused-ring (bicyclic) bond motifs is 1. The van der Waals surface area contributed by atoms with Gasteiger partial charge in [0.1, 0.15) is 11.6 Å². The number of hydrogen-bond donors (Lipinski definition) is 2. The lowest BCUT2D eigenvalue weighted by molar-refractivity contribution is 0.0996. The minimum absolute atomic E-state index is 0.206. The zero-order chi connectivity index (χ0) is 23.0. The Morgan fingerprint density at radius 1 is 1.41 bits per heavy atom. The Balaban J connectivity index is 1.66. The monoisotopic (exact) mass is 453 g/mol. The molecule has 4 rings (SSSR count). The van der Waals surface area contributed by atoms with Gasteiger partial charge in [0, 0.05) is 37.3 Å². The normalized spacial score (nSPS) is 12.6. The summed E-state index contributed by atoms with van der Waals surface area (Å²) in [6, 6.07) is 8.45. The van der Waals surface area contributed by atoms with Gasteiger partial charge in [-0.2, -0.15) is 0 Å². The smallest absolute Gasteiger partial charge is 0.251 e. The van der Waals surface area contributed by atoms with Gasteiger partial charge in [-0.05, 0) is 17.2 Å². The number of benzene rings is 2. The summed E-state index contributed by atoms with van der Waals surface area (Å²) in [6.45, 7) is 4.99. The molecule has 32 heavy (non-hydrogen) atoms. The molecule has 2 heterocycles. The number of primary amides is 1. The van der Waals surface area contributed by atoms with Crippen molar-refractivity contribution in [3.8, 4) is 5.75 Å². The van der Waals surface area contributed by atoms with Gasteiger partial charge >= 0.3 is 0 Å². The fourth-order valence-corrected chi connectivity index (χ4v) is 3.90. The van der Waals surface area contributed by atoms with Gasteiger partial charge in [0.15, 0.2) is 0 Å². The number of amides is 1. The van der Waals surface area contributed by atoms with Crippen LogP contribution < -0.4 is 15.8 Å². The molecule has 9 heteroatoms. The number of aromatic nitrogens is 2. The third kappa shape index (κ3) is 3.97. The highest BCUT2D eigenvalue weighted by atomic mass is 35.5. The standard InChI is InChI=1S/C23H21ClFN5O2/c1-12-21-13(5-4-6-14(21)11-30(12)2)7-18-16(24)10-27-23(28-18)29-19-9-17(25)15(22(26)31)8-20(19)32-3/h4-6,8-10H,1,7,11H2,2-3H3,(H2,26,31)(H,27,28,29). The van der Waals surface area contributed by atoms with E-state index in [-0.39, 0.29) is 22.9 Å². The molecule has 0 bridgehead atoms. The van der Waals surface area contributed by atoms with Crippen molar-refractivity contribution in [3.05, 3.63) is 81.9 Å². The summed E-state index contributed by atoms with van der Waals surface area (Å²) in [5.74, 6) is -1.24. The van der Waals surface area contributed by atoms with Gasteiger partial charge < -0.3 is 20.7 Å². The lowest BCUT2D eigenvalue weighted by Gasteiger charge is -2.14. The summed E-state index contributed by atoms with van der Waals surface area (Å²) in [7, 11) is 3.40. The van der Waals surface area contributed by atoms with E-state index in [1.54, 1.807) is 0 Å². The van der Waals surface area contributed by atoms with Gasteiger partial charge in [0.2, 0.25) is 5.95 Å². The van der Waals surface area contributed by atoms with Crippen LogP contribution in [0.3, 0.4) is 0 Å². The molecule has 0 saturated carbocycles. The molecule has 0 unspecified atom stereocenters. The Bertz CT molecular complexity index is 1250. The Hall–Kier alpha value is -3.65. The number of hydrogen-bond acceptors (Lipinski definition) is 6. The molecule has 164 valence electrons. The average Bonchev–Trinajstić information content (AvgIpc) is 3.05. The summed E-state index contributed by atoms with van der Waals surface area (Å²) >= 11 is 6.38. The maximum Gasteiger partial charge on any atom is 0.251 e. The lowest BCUT2D eigenvalue weighted by Crippen LogP contribution is -2.14. The Kier molecular flexibility index (Phi) is 5.71. The number of carbonyl (C=O) groups is 1. The Labute approximate surface area is 189 Å². The molecule has 0 fully saturated rings. The van der Waals surface area contributed by atoms with Crippen LogP contribution in [0.1, 0.15) is 32.7 Å².